The molecule has 0 aromatic heterocycles. The summed E-state index contributed by atoms with van der Waals surface area (Å²) in [5, 5.41) is 10.7. The van der Waals surface area contributed by atoms with Gasteiger partial charge < -0.3 is 0 Å². The maximum atomic E-state index is 9.68. The summed E-state index contributed by atoms with van der Waals surface area (Å²) < 4.78 is 4.32. The van der Waals surface area contributed by atoms with Crippen molar-refractivity contribution in [2.75, 3.05) is 0 Å². The van der Waals surface area contributed by atoms with Gasteiger partial charge in [-0.1, -0.05) is 30.3 Å². The first kappa shape index (κ1) is 10.3. The van der Waals surface area contributed by atoms with E-state index < -0.39 is 0 Å². The number of allylic oxidation sites excluding steroid dienone is 2. The molecule has 5 heteroatoms. The molecule has 0 unspecified atom stereocenters. The molecule has 0 fully saturated rings. The van der Waals surface area contributed by atoms with E-state index in [1.165, 1.54) is 11.9 Å². The van der Waals surface area contributed by atoms with E-state index >= 15 is 0 Å². The van der Waals surface area contributed by atoms with Crippen LogP contribution in [0.4, 0.5) is 0 Å². The molecule has 0 amide bonds. The van der Waals surface area contributed by atoms with Crippen LogP contribution in [0.1, 0.15) is 5.56 Å². The predicted molar refractivity (Wildman–Crippen MR) is 68.9 cm³/mol. The van der Waals surface area contributed by atoms with Crippen LogP contribution in [0.15, 0.2) is 63.0 Å². The Balaban J connectivity index is 1.99. The number of fused-ring (bicyclic) bond motifs is 1. The third-order valence-corrected chi connectivity index (χ3v) is 3.17. The maximum absolute atomic E-state index is 9.68. The fourth-order valence-corrected chi connectivity index (χ4v) is 2.26. The smallest absolute Gasteiger partial charge is 0.174 e. The molecule has 1 aromatic rings. The monoisotopic (exact) mass is 243 g/mol. The summed E-state index contributed by atoms with van der Waals surface area (Å²) in [5.74, 6) is 1.14. The molecule has 1 N–H and O–H groups in total. The molecule has 84 valence electrons. The minimum atomic E-state index is 0.520. The fraction of sp³-hybridized carbons (Fsp3) is 0. The summed E-state index contributed by atoms with van der Waals surface area (Å²) in [4.78, 5) is 5.20. The standard InChI is InChI=1S/C12H9N3OS/c16-15-8-4-7-10-12(15)13-11(14-17-10)9-5-2-1-3-6-9/h1-8,16H. The summed E-state index contributed by atoms with van der Waals surface area (Å²) in [6.07, 6.45) is 5.18. The first-order valence-electron chi connectivity index (χ1n) is 5.11. The molecule has 17 heavy (non-hydrogen) atoms. The lowest BCUT2D eigenvalue weighted by Gasteiger charge is -2.21. The summed E-state index contributed by atoms with van der Waals surface area (Å²) in [6, 6.07) is 9.70. The number of hydroxylamine groups is 2. The molecular formula is C12H9N3OS. The van der Waals surface area contributed by atoms with Gasteiger partial charge in [-0.2, -0.15) is 4.40 Å². The predicted octanol–water partition coefficient (Wildman–Crippen LogP) is 2.60. The lowest BCUT2D eigenvalue weighted by molar-refractivity contribution is 0.0381. The number of nitrogens with zero attached hydrogens (tertiary/aromatic N) is 3. The van der Waals surface area contributed by atoms with Crippen LogP contribution in [-0.2, 0) is 0 Å². The van der Waals surface area contributed by atoms with Gasteiger partial charge in [-0.3, -0.25) is 5.21 Å². The molecule has 0 aliphatic carbocycles. The Hall–Kier alpha value is -1.85. The molecule has 1 aromatic carbocycles. The van der Waals surface area contributed by atoms with E-state index in [0.29, 0.717) is 11.7 Å². The molecule has 2 heterocycles. The zero-order chi connectivity index (χ0) is 11.7. The molecular weight excluding hydrogens is 234 g/mol. The van der Waals surface area contributed by atoms with E-state index in [-0.39, 0.29) is 0 Å². The van der Waals surface area contributed by atoms with Gasteiger partial charge in [-0.05, 0) is 12.2 Å². The number of hydrogen-bond acceptors (Lipinski definition) is 5. The van der Waals surface area contributed by atoms with Gasteiger partial charge in [0.15, 0.2) is 11.7 Å². The van der Waals surface area contributed by atoms with Crippen molar-refractivity contribution >= 4 is 23.6 Å². The van der Waals surface area contributed by atoms with Crippen molar-refractivity contribution in [3.05, 3.63) is 59.2 Å². The third-order valence-electron chi connectivity index (χ3n) is 2.39. The first-order valence-corrected chi connectivity index (χ1v) is 5.88. The lowest BCUT2D eigenvalue weighted by Crippen LogP contribution is -2.27. The molecule has 0 radical (unpaired) electrons. The zero-order valence-electron chi connectivity index (χ0n) is 8.82. The Morgan fingerprint density at radius 2 is 2.00 bits per heavy atom. The number of amidine groups is 2. The number of hydrogen-bond donors (Lipinski definition) is 1. The van der Waals surface area contributed by atoms with E-state index in [4.69, 9.17) is 0 Å². The lowest BCUT2D eigenvalue weighted by atomic mass is 10.2. The van der Waals surface area contributed by atoms with Crippen molar-refractivity contribution in [1.82, 2.24) is 5.06 Å². The normalized spacial score (nSPS) is 18.2. The van der Waals surface area contributed by atoms with E-state index in [9.17, 15) is 5.21 Å². The van der Waals surface area contributed by atoms with Crippen molar-refractivity contribution < 1.29 is 5.21 Å². The number of rotatable bonds is 1. The fourth-order valence-electron chi connectivity index (χ4n) is 1.57. The van der Waals surface area contributed by atoms with Crippen molar-refractivity contribution in [3.8, 4) is 0 Å². The van der Waals surface area contributed by atoms with Crippen LogP contribution in [0.5, 0.6) is 0 Å². The van der Waals surface area contributed by atoms with Crippen LogP contribution < -0.4 is 0 Å². The van der Waals surface area contributed by atoms with Crippen molar-refractivity contribution in [2.45, 2.75) is 0 Å². The molecule has 0 bridgehead atoms. The molecule has 0 atom stereocenters. The van der Waals surface area contributed by atoms with E-state index in [1.807, 2.05) is 36.4 Å². The van der Waals surface area contributed by atoms with Crippen molar-refractivity contribution in [2.24, 2.45) is 9.39 Å². The van der Waals surface area contributed by atoms with Gasteiger partial charge in [-0.25, -0.2) is 10.1 Å². The Morgan fingerprint density at radius 3 is 2.82 bits per heavy atom. The second-order valence-corrected chi connectivity index (χ2v) is 4.33. The Kier molecular flexibility index (Phi) is 2.55. The van der Waals surface area contributed by atoms with Gasteiger partial charge in [0, 0.05) is 23.7 Å². The highest BCUT2D eigenvalue weighted by molar-refractivity contribution is 8.03. The van der Waals surface area contributed by atoms with Crippen LogP contribution in [0.3, 0.4) is 0 Å². The second kappa shape index (κ2) is 4.20. The van der Waals surface area contributed by atoms with Crippen molar-refractivity contribution in [3.63, 3.8) is 0 Å². The number of benzene rings is 1. The molecule has 2 aliphatic rings. The highest BCUT2D eigenvalue weighted by Crippen LogP contribution is 2.28. The second-order valence-electron chi connectivity index (χ2n) is 3.52. The Morgan fingerprint density at radius 1 is 1.18 bits per heavy atom. The van der Waals surface area contributed by atoms with E-state index in [0.717, 1.165) is 15.5 Å². The highest BCUT2D eigenvalue weighted by Gasteiger charge is 2.21. The quantitative estimate of drug-likeness (QED) is 0.771. The maximum Gasteiger partial charge on any atom is 0.174 e. The summed E-state index contributed by atoms with van der Waals surface area (Å²) in [5.41, 5.74) is 0.939. The Labute approximate surface area is 103 Å². The summed E-state index contributed by atoms with van der Waals surface area (Å²) in [7, 11) is 0. The van der Waals surface area contributed by atoms with Crippen molar-refractivity contribution in [1.29, 1.82) is 0 Å². The van der Waals surface area contributed by atoms with Crippen LogP contribution in [0, 0.1) is 0 Å². The number of aliphatic imine (C=N–C) groups is 1. The van der Waals surface area contributed by atoms with Crippen LogP contribution >= 0.6 is 11.9 Å². The molecule has 4 nitrogen and oxygen atoms in total. The molecule has 2 aliphatic heterocycles. The van der Waals surface area contributed by atoms with E-state index in [1.54, 1.807) is 12.3 Å². The first-order chi connectivity index (χ1) is 8.34. The largest absolute Gasteiger partial charge is 0.283 e. The molecule has 0 saturated heterocycles. The average molecular weight is 243 g/mol. The topological polar surface area (TPSA) is 48.2 Å². The highest BCUT2D eigenvalue weighted by atomic mass is 32.2. The summed E-state index contributed by atoms with van der Waals surface area (Å²) >= 11 is 1.32. The van der Waals surface area contributed by atoms with Gasteiger partial charge in [0.2, 0.25) is 0 Å². The molecule has 0 saturated carbocycles. The van der Waals surface area contributed by atoms with Gasteiger partial charge >= 0.3 is 0 Å². The average Bonchev–Trinajstić information content (AvgIpc) is 2.40. The van der Waals surface area contributed by atoms with Gasteiger partial charge in [0.05, 0.1) is 4.91 Å². The minimum Gasteiger partial charge on any atom is -0.283 e. The minimum absolute atomic E-state index is 0.520. The molecule has 0 spiro atoms. The van der Waals surface area contributed by atoms with Crippen LogP contribution in [0.2, 0.25) is 0 Å². The van der Waals surface area contributed by atoms with Crippen LogP contribution in [-0.4, -0.2) is 21.9 Å². The SMILES string of the molecule is ON1C=CC=C2SN=C(c3ccccc3)N=C21. The van der Waals surface area contributed by atoms with E-state index in [2.05, 4.69) is 9.39 Å². The van der Waals surface area contributed by atoms with Gasteiger partial charge in [0.1, 0.15) is 0 Å². The third kappa shape index (κ3) is 1.90. The zero-order valence-corrected chi connectivity index (χ0v) is 9.63. The molecule has 3 rings (SSSR count). The van der Waals surface area contributed by atoms with Crippen LogP contribution in [0.25, 0.3) is 0 Å². The van der Waals surface area contributed by atoms with Gasteiger partial charge in [0.25, 0.3) is 0 Å². The summed E-state index contributed by atoms with van der Waals surface area (Å²) in [6.45, 7) is 0. The Bertz CT molecular complexity index is 560. The van der Waals surface area contributed by atoms with Gasteiger partial charge in [-0.15, -0.1) is 0 Å².